The molecule has 2 N–H and O–H groups in total. The van der Waals surface area contributed by atoms with E-state index < -0.39 is 29.3 Å². The lowest BCUT2D eigenvalue weighted by atomic mass is 10.1. The summed E-state index contributed by atoms with van der Waals surface area (Å²) in [7, 11) is 0. The van der Waals surface area contributed by atoms with Crippen LogP contribution in [0.5, 0.6) is 0 Å². The summed E-state index contributed by atoms with van der Waals surface area (Å²) < 4.78 is 13.4. The van der Waals surface area contributed by atoms with E-state index in [9.17, 15) is 14.0 Å². The number of carbonyl (C=O) groups is 2. The predicted molar refractivity (Wildman–Crippen MR) is 63.8 cm³/mol. The van der Waals surface area contributed by atoms with Gasteiger partial charge in [0, 0.05) is 6.42 Å². The first-order chi connectivity index (χ1) is 8.47. The van der Waals surface area contributed by atoms with Crippen molar-refractivity contribution in [3.05, 3.63) is 34.6 Å². The lowest BCUT2D eigenvalue weighted by Gasteiger charge is -2.12. The second-order valence-corrected chi connectivity index (χ2v) is 3.78. The molecular weight excluding hydrogens is 261 g/mol. The van der Waals surface area contributed by atoms with Gasteiger partial charge in [0.1, 0.15) is 11.9 Å². The summed E-state index contributed by atoms with van der Waals surface area (Å²) in [6, 6.07) is 2.44. The number of terminal acetylenes is 1. The quantitative estimate of drug-likeness (QED) is 0.818. The minimum absolute atomic E-state index is 0.0997. The molecule has 0 bridgehead atoms. The third-order valence-corrected chi connectivity index (χ3v) is 2.43. The molecule has 94 valence electrons. The molecule has 1 amide bonds. The van der Waals surface area contributed by atoms with Crippen LogP contribution in [0.15, 0.2) is 18.2 Å². The minimum atomic E-state index is -1.30. The monoisotopic (exact) mass is 269 g/mol. The first-order valence-electron chi connectivity index (χ1n) is 4.88. The number of amides is 1. The van der Waals surface area contributed by atoms with Gasteiger partial charge in [-0.1, -0.05) is 17.7 Å². The summed E-state index contributed by atoms with van der Waals surface area (Å²) in [5.41, 5.74) is -0.401. The number of carboxylic acids is 1. The zero-order chi connectivity index (χ0) is 13.7. The van der Waals surface area contributed by atoms with E-state index in [1.807, 2.05) is 0 Å². The molecule has 0 saturated carbocycles. The number of carboxylic acid groups (broad SMARTS) is 1. The molecule has 0 aliphatic carbocycles. The number of aliphatic carboxylic acids is 1. The first-order valence-corrected chi connectivity index (χ1v) is 5.26. The second-order valence-electron chi connectivity index (χ2n) is 3.37. The van der Waals surface area contributed by atoms with Gasteiger partial charge in [-0.05, 0) is 12.1 Å². The largest absolute Gasteiger partial charge is 0.480 e. The maximum atomic E-state index is 13.4. The van der Waals surface area contributed by atoms with Gasteiger partial charge < -0.3 is 10.4 Å². The fourth-order valence-corrected chi connectivity index (χ4v) is 1.51. The Morgan fingerprint density at radius 2 is 2.22 bits per heavy atom. The summed E-state index contributed by atoms with van der Waals surface area (Å²) in [5.74, 6) is -0.929. The number of benzene rings is 1. The van der Waals surface area contributed by atoms with Gasteiger partial charge in [-0.25, -0.2) is 9.18 Å². The molecule has 1 aromatic rings. The first kappa shape index (κ1) is 14.0. The Kier molecular flexibility index (Phi) is 4.69. The fraction of sp³-hybridized carbons (Fsp3) is 0.167. The van der Waals surface area contributed by atoms with Crippen LogP contribution in [-0.2, 0) is 4.79 Å². The maximum Gasteiger partial charge on any atom is 0.327 e. The molecule has 0 radical (unpaired) electrons. The van der Waals surface area contributed by atoms with Gasteiger partial charge in [-0.3, -0.25) is 4.79 Å². The van der Waals surface area contributed by atoms with Crippen molar-refractivity contribution in [3.8, 4) is 12.3 Å². The summed E-state index contributed by atoms with van der Waals surface area (Å²) in [5, 5.41) is 10.8. The van der Waals surface area contributed by atoms with Gasteiger partial charge >= 0.3 is 5.97 Å². The molecular formula is C12H9ClFNO3. The molecule has 0 saturated heterocycles. The van der Waals surface area contributed by atoms with Gasteiger partial charge in [-0.15, -0.1) is 12.3 Å². The van der Waals surface area contributed by atoms with Crippen LogP contribution in [0, 0.1) is 18.2 Å². The summed E-state index contributed by atoms with van der Waals surface area (Å²) >= 11 is 5.68. The number of halogens is 2. The fourth-order valence-electron chi connectivity index (χ4n) is 1.26. The average molecular weight is 270 g/mol. The summed E-state index contributed by atoms with van der Waals surface area (Å²) in [6.07, 6.45) is 4.78. The minimum Gasteiger partial charge on any atom is -0.480 e. The number of hydrogen-bond donors (Lipinski definition) is 2. The van der Waals surface area contributed by atoms with E-state index >= 15 is 0 Å². The number of carbonyl (C=O) groups excluding carboxylic acids is 1. The molecule has 0 aliphatic rings. The third kappa shape index (κ3) is 3.22. The van der Waals surface area contributed by atoms with Crippen molar-refractivity contribution in [1.29, 1.82) is 0 Å². The van der Waals surface area contributed by atoms with Gasteiger partial charge in [0.25, 0.3) is 5.91 Å². The van der Waals surface area contributed by atoms with Crippen LogP contribution in [0.25, 0.3) is 0 Å². The van der Waals surface area contributed by atoms with Gasteiger partial charge in [-0.2, -0.15) is 0 Å². The van der Waals surface area contributed by atoms with Crippen LogP contribution in [-0.4, -0.2) is 23.0 Å². The molecule has 6 heteroatoms. The molecule has 18 heavy (non-hydrogen) atoms. The highest BCUT2D eigenvalue weighted by molar-refractivity contribution is 6.33. The lowest BCUT2D eigenvalue weighted by Crippen LogP contribution is -2.40. The standard InChI is InChI=1S/C12H9ClFNO3/c1-2-4-9(12(17)18)15-11(16)10-7(13)5-3-6-8(10)14/h1,3,5-6,9H,4H2,(H,15,16)(H,17,18). The van der Waals surface area contributed by atoms with E-state index in [0.29, 0.717) is 0 Å². The van der Waals surface area contributed by atoms with Crippen LogP contribution in [0.1, 0.15) is 16.8 Å². The van der Waals surface area contributed by atoms with Gasteiger partial charge in [0.05, 0.1) is 10.6 Å². The van der Waals surface area contributed by atoms with Crippen molar-refractivity contribution in [3.63, 3.8) is 0 Å². The smallest absolute Gasteiger partial charge is 0.327 e. The molecule has 1 atom stereocenters. The Labute approximate surface area is 108 Å². The van der Waals surface area contributed by atoms with Crippen LogP contribution in [0.4, 0.5) is 4.39 Å². The van der Waals surface area contributed by atoms with Crippen LogP contribution < -0.4 is 5.32 Å². The predicted octanol–water partition coefficient (Wildman–Crippen LogP) is 1.69. The number of rotatable bonds is 4. The molecule has 1 aromatic carbocycles. The van der Waals surface area contributed by atoms with Crippen molar-refractivity contribution in [2.75, 3.05) is 0 Å². The van der Waals surface area contributed by atoms with Crippen molar-refractivity contribution >= 4 is 23.5 Å². The maximum absolute atomic E-state index is 13.4. The zero-order valence-corrected chi connectivity index (χ0v) is 9.87. The van der Waals surface area contributed by atoms with Crippen molar-refractivity contribution < 1.29 is 19.1 Å². The number of nitrogens with one attached hydrogen (secondary N) is 1. The Hall–Kier alpha value is -2.06. The Balaban J connectivity index is 2.95. The van der Waals surface area contributed by atoms with E-state index in [4.69, 9.17) is 23.1 Å². The van der Waals surface area contributed by atoms with Crippen molar-refractivity contribution in [2.45, 2.75) is 12.5 Å². The zero-order valence-electron chi connectivity index (χ0n) is 9.11. The average Bonchev–Trinajstić information content (AvgIpc) is 2.28. The molecule has 4 nitrogen and oxygen atoms in total. The molecule has 0 fully saturated rings. The van der Waals surface area contributed by atoms with Gasteiger partial charge in [0.2, 0.25) is 0 Å². The molecule has 1 unspecified atom stereocenters. The SMILES string of the molecule is C#CCC(NC(=O)c1c(F)cccc1Cl)C(=O)O. The topological polar surface area (TPSA) is 66.4 Å². The van der Waals surface area contributed by atoms with Gasteiger partial charge in [0.15, 0.2) is 0 Å². The lowest BCUT2D eigenvalue weighted by molar-refractivity contribution is -0.139. The molecule has 0 heterocycles. The van der Waals surface area contributed by atoms with Crippen LogP contribution in [0.2, 0.25) is 5.02 Å². The van der Waals surface area contributed by atoms with E-state index in [1.165, 1.54) is 12.1 Å². The molecule has 1 rings (SSSR count). The Morgan fingerprint density at radius 1 is 1.56 bits per heavy atom. The molecule has 0 spiro atoms. The van der Waals surface area contributed by atoms with E-state index in [2.05, 4.69) is 11.2 Å². The Bertz CT molecular complexity index is 504. The van der Waals surface area contributed by atoms with Crippen LogP contribution in [0.3, 0.4) is 0 Å². The van der Waals surface area contributed by atoms with E-state index in [0.717, 1.165) is 6.07 Å². The van der Waals surface area contributed by atoms with E-state index in [1.54, 1.807) is 0 Å². The highest BCUT2D eigenvalue weighted by atomic mass is 35.5. The number of hydrogen-bond acceptors (Lipinski definition) is 2. The van der Waals surface area contributed by atoms with Crippen molar-refractivity contribution in [2.24, 2.45) is 0 Å². The third-order valence-electron chi connectivity index (χ3n) is 2.12. The molecule has 0 aliphatic heterocycles. The summed E-state index contributed by atoms with van der Waals surface area (Å²) in [6.45, 7) is 0. The normalized spacial score (nSPS) is 11.4. The van der Waals surface area contributed by atoms with E-state index in [-0.39, 0.29) is 11.4 Å². The summed E-state index contributed by atoms with van der Waals surface area (Å²) in [4.78, 5) is 22.5. The Morgan fingerprint density at radius 3 is 2.72 bits per heavy atom. The van der Waals surface area contributed by atoms with Crippen molar-refractivity contribution in [1.82, 2.24) is 5.32 Å². The highest BCUT2D eigenvalue weighted by Gasteiger charge is 2.22. The van der Waals surface area contributed by atoms with Crippen LogP contribution >= 0.6 is 11.6 Å². The molecule has 0 aromatic heterocycles. The second kappa shape index (κ2) is 6.03. The highest BCUT2D eigenvalue weighted by Crippen LogP contribution is 2.18.